The standard InChI is InChI=1S/C16H11ClN4O3S/c1-24-13(22)8-21-16(23)14(17)10(7-19-21)9(6-18)15-20-11-4-2-3-5-12(11)25-15/h2-5,7,9H,8H2,1H3/t9-/m0/s1. The van der Waals surface area contributed by atoms with Crippen LogP contribution in [0.5, 0.6) is 0 Å². The van der Waals surface area contributed by atoms with E-state index in [1.165, 1.54) is 24.6 Å². The number of nitriles is 1. The van der Waals surface area contributed by atoms with Crippen LogP contribution in [0.2, 0.25) is 5.02 Å². The summed E-state index contributed by atoms with van der Waals surface area (Å²) in [5.41, 5.74) is 0.367. The Morgan fingerprint density at radius 2 is 2.24 bits per heavy atom. The minimum absolute atomic E-state index is 0.162. The van der Waals surface area contributed by atoms with Crippen LogP contribution < -0.4 is 5.56 Å². The second-order valence-electron chi connectivity index (χ2n) is 5.03. The number of hydrogen-bond donors (Lipinski definition) is 0. The Morgan fingerprint density at radius 1 is 1.48 bits per heavy atom. The fourth-order valence-corrected chi connectivity index (χ4v) is 3.54. The molecule has 0 aliphatic heterocycles. The lowest BCUT2D eigenvalue weighted by Crippen LogP contribution is -2.28. The van der Waals surface area contributed by atoms with Crippen LogP contribution in [0.3, 0.4) is 0 Å². The zero-order valence-electron chi connectivity index (χ0n) is 13.0. The van der Waals surface area contributed by atoms with Crippen LogP contribution in [0.1, 0.15) is 16.5 Å². The smallest absolute Gasteiger partial charge is 0.327 e. The fraction of sp³-hybridized carbons (Fsp3) is 0.188. The Kier molecular flexibility index (Phi) is 4.79. The quantitative estimate of drug-likeness (QED) is 0.650. The molecular formula is C16H11ClN4O3S. The monoisotopic (exact) mass is 374 g/mol. The lowest BCUT2D eigenvalue weighted by atomic mass is 10.0. The number of rotatable bonds is 4. The number of nitrogens with zero attached hydrogens (tertiary/aromatic N) is 4. The van der Waals surface area contributed by atoms with Crippen molar-refractivity contribution in [2.45, 2.75) is 12.5 Å². The normalized spacial score (nSPS) is 11.9. The molecule has 1 atom stereocenters. The summed E-state index contributed by atoms with van der Waals surface area (Å²) < 4.78 is 6.33. The molecule has 0 aliphatic carbocycles. The molecule has 0 aliphatic rings. The molecule has 3 rings (SSSR count). The topological polar surface area (TPSA) is 97.9 Å². The van der Waals surface area contributed by atoms with Crippen LogP contribution in [0.15, 0.2) is 35.3 Å². The van der Waals surface area contributed by atoms with Crippen molar-refractivity contribution in [3.05, 3.63) is 56.4 Å². The van der Waals surface area contributed by atoms with Crippen LogP contribution in [-0.2, 0) is 16.1 Å². The maximum absolute atomic E-state index is 12.3. The number of benzene rings is 1. The van der Waals surface area contributed by atoms with E-state index in [2.05, 4.69) is 20.9 Å². The highest BCUT2D eigenvalue weighted by molar-refractivity contribution is 7.18. The van der Waals surface area contributed by atoms with Crippen LogP contribution >= 0.6 is 22.9 Å². The second kappa shape index (κ2) is 7.01. The second-order valence-corrected chi connectivity index (χ2v) is 6.47. The van der Waals surface area contributed by atoms with Gasteiger partial charge in [0.15, 0.2) is 0 Å². The first-order chi connectivity index (χ1) is 12.0. The summed E-state index contributed by atoms with van der Waals surface area (Å²) in [6, 6.07) is 9.61. The molecule has 2 aromatic heterocycles. The van der Waals surface area contributed by atoms with Gasteiger partial charge < -0.3 is 4.74 Å². The molecule has 3 aromatic rings. The summed E-state index contributed by atoms with van der Waals surface area (Å²) in [4.78, 5) is 28.1. The SMILES string of the molecule is COC(=O)Cn1ncc([C@H](C#N)c2nc3ccccc3s2)c(Cl)c1=O. The zero-order valence-corrected chi connectivity index (χ0v) is 14.5. The Labute approximate surface area is 151 Å². The third-order valence-corrected chi connectivity index (χ3v) is 5.00. The minimum atomic E-state index is -0.821. The van der Waals surface area contributed by atoms with Gasteiger partial charge in [0.25, 0.3) is 5.56 Å². The van der Waals surface area contributed by atoms with Crippen molar-refractivity contribution >= 4 is 39.1 Å². The molecule has 0 unspecified atom stereocenters. The number of halogens is 1. The van der Waals surface area contributed by atoms with Gasteiger partial charge in [-0.15, -0.1) is 11.3 Å². The van der Waals surface area contributed by atoms with E-state index in [0.29, 0.717) is 5.01 Å². The maximum atomic E-state index is 12.3. The predicted octanol–water partition coefficient (Wildman–Crippen LogP) is 2.33. The number of hydrogen-bond acceptors (Lipinski definition) is 7. The molecule has 0 saturated carbocycles. The average Bonchev–Trinajstić information content (AvgIpc) is 3.05. The molecule has 1 aromatic carbocycles. The predicted molar refractivity (Wildman–Crippen MR) is 92.6 cm³/mol. The summed E-state index contributed by atoms with van der Waals surface area (Å²) >= 11 is 7.50. The molecule has 0 N–H and O–H groups in total. The average molecular weight is 375 g/mol. The summed E-state index contributed by atoms with van der Waals surface area (Å²) in [5.74, 6) is -1.45. The Bertz CT molecular complexity index is 1020. The van der Waals surface area contributed by atoms with Gasteiger partial charge in [-0.2, -0.15) is 10.4 Å². The van der Waals surface area contributed by atoms with Crippen molar-refractivity contribution in [1.29, 1.82) is 5.26 Å². The summed E-state index contributed by atoms with van der Waals surface area (Å²) in [6.45, 7) is -0.353. The molecule has 25 heavy (non-hydrogen) atoms. The summed E-state index contributed by atoms with van der Waals surface area (Å²) in [6.07, 6.45) is 1.31. The zero-order chi connectivity index (χ0) is 18.0. The molecule has 0 fully saturated rings. The molecule has 0 amide bonds. The number of fused-ring (bicyclic) bond motifs is 1. The minimum Gasteiger partial charge on any atom is -0.468 e. The fourth-order valence-electron chi connectivity index (χ4n) is 2.25. The number of thiazole rings is 1. The van der Waals surface area contributed by atoms with Crippen molar-refractivity contribution in [2.24, 2.45) is 0 Å². The van der Waals surface area contributed by atoms with Gasteiger partial charge in [-0.25, -0.2) is 9.67 Å². The Morgan fingerprint density at radius 3 is 2.92 bits per heavy atom. The maximum Gasteiger partial charge on any atom is 0.327 e. The van der Waals surface area contributed by atoms with Gasteiger partial charge in [0, 0.05) is 5.56 Å². The van der Waals surface area contributed by atoms with E-state index >= 15 is 0 Å². The molecule has 7 nitrogen and oxygen atoms in total. The van der Waals surface area contributed by atoms with E-state index in [9.17, 15) is 14.9 Å². The van der Waals surface area contributed by atoms with Gasteiger partial charge in [0.05, 0.1) is 29.6 Å². The number of carbonyl (C=O) groups excluding carboxylic acids is 1. The largest absolute Gasteiger partial charge is 0.468 e. The van der Waals surface area contributed by atoms with Crippen molar-refractivity contribution < 1.29 is 9.53 Å². The summed E-state index contributed by atoms with van der Waals surface area (Å²) in [5, 5.41) is 13.9. The van der Waals surface area contributed by atoms with Gasteiger partial charge in [0.2, 0.25) is 0 Å². The number of para-hydroxylation sites is 1. The third kappa shape index (κ3) is 3.24. The first kappa shape index (κ1) is 17.1. The van der Waals surface area contributed by atoms with Gasteiger partial charge >= 0.3 is 5.97 Å². The first-order valence-electron chi connectivity index (χ1n) is 7.12. The van der Waals surface area contributed by atoms with Gasteiger partial charge in [-0.3, -0.25) is 9.59 Å². The van der Waals surface area contributed by atoms with Crippen LogP contribution in [-0.4, -0.2) is 27.8 Å². The molecular weight excluding hydrogens is 364 g/mol. The van der Waals surface area contributed by atoms with E-state index in [4.69, 9.17) is 11.6 Å². The van der Waals surface area contributed by atoms with E-state index in [0.717, 1.165) is 14.9 Å². The van der Waals surface area contributed by atoms with E-state index < -0.39 is 17.4 Å². The first-order valence-corrected chi connectivity index (χ1v) is 8.32. The molecule has 2 heterocycles. The molecule has 0 radical (unpaired) electrons. The Hall–Kier alpha value is -2.76. The lowest BCUT2D eigenvalue weighted by Gasteiger charge is -2.10. The van der Waals surface area contributed by atoms with Crippen molar-refractivity contribution in [2.75, 3.05) is 7.11 Å². The highest BCUT2D eigenvalue weighted by Crippen LogP contribution is 2.33. The molecule has 126 valence electrons. The van der Waals surface area contributed by atoms with E-state index in [1.807, 2.05) is 24.3 Å². The highest BCUT2D eigenvalue weighted by atomic mass is 35.5. The van der Waals surface area contributed by atoms with Crippen molar-refractivity contribution in [3.63, 3.8) is 0 Å². The third-order valence-electron chi connectivity index (χ3n) is 3.52. The highest BCUT2D eigenvalue weighted by Gasteiger charge is 2.24. The number of carbonyl (C=O) groups is 1. The van der Waals surface area contributed by atoms with Crippen LogP contribution in [0.4, 0.5) is 0 Å². The van der Waals surface area contributed by atoms with Gasteiger partial charge in [-0.1, -0.05) is 23.7 Å². The Balaban J connectivity index is 2.04. The molecule has 0 spiro atoms. The van der Waals surface area contributed by atoms with Crippen molar-refractivity contribution in [1.82, 2.24) is 14.8 Å². The van der Waals surface area contributed by atoms with E-state index in [-0.39, 0.29) is 17.1 Å². The molecule has 0 saturated heterocycles. The number of methoxy groups -OCH3 is 1. The molecule has 0 bridgehead atoms. The van der Waals surface area contributed by atoms with Crippen LogP contribution in [0.25, 0.3) is 10.2 Å². The van der Waals surface area contributed by atoms with Gasteiger partial charge in [0.1, 0.15) is 22.5 Å². The lowest BCUT2D eigenvalue weighted by molar-refractivity contribution is -0.141. The van der Waals surface area contributed by atoms with E-state index in [1.54, 1.807) is 0 Å². The van der Waals surface area contributed by atoms with Crippen LogP contribution in [0, 0.1) is 11.3 Å². The molecule has 9 heteroatoms. The summed E-state index contributed by atoms with van der Waals surface area (Å²) in [7, 11) is 1.21. The number of ether oxygens (including phenoxy) is 1. The number of aromatic nitrogens is 3. The van der Waals surface area contributed by atoms with Gasteiger partial charge in [-0.05, 0) is 12.1 Å². The van der Waals surface area contributed by atoms with Crippen molar-refractivity contribution in [3.8, 4) is 6.07 Å². The number of esters is 1.